The van der Waals surface area contributed by atoms with Crippen LogP contribution in [0.2, 0.25) is 0 Å². The molecule has 2 rings (SSSR count). The van der Waals surface area contributed by atoms with E-state index in [2.05, 4.69) is 41.4 Å². The number of nitrogens with zero attached hydrogens (tertiary/aromatic N) is 2. The van der Waals surface area contributed by atoms with Crippen molar-refractivity contribution in [3.05, 3.63) is 16.6 Å². The van der Waals surface area contributed by atoms with Crippen LogP contribution in [0.4, 0.5) is 0 Å². The van der Waals surface area contributed by atoms with E-state index in [4.69, 9.17) is 0 Å². The summed E-state index contributed by atoms with van der Waals surface area (Å²) in [6.45, 7) is 10.3. The van der Waals surface area contributed by atoms with E-state index < -0.39 is 0 Å². The third-order valence-corrected chi connectivity index (χ3v) is 4.31. The van der Waals surface area contributed by atoms with Gasteiger partial charge in [0, 0.05) is 43.5 Å². The Labute approximate surface area is 108 Å². The second kappa shape index (κ2) is 5.94. The summed E-state index contributed by atoms with van der Waals surface area (Å²) >= 11 is 1.69. The summed E-state index contributed by atoms with van der Waals surface area (Å²) in [6.07, 6.45) is 1.08. The number of hydrogen-bond acceptors (Lipinski definition) is 4. The van der Waals surface area contributed by atoms with Crippen LogP contribution in [-0.4, -0.2) is 41.6 Å². The van der Waals surface area contributed by atoms with Crippen molar-refractivity contribution in [2.75, 3.05) is 19.6 Å². The molecule has 4 heteroatoms. The van der Waals surface area contributed by atoms with Crippen LogP contribution in [0.25, 0.3) is 0 Å². The molecule has 0 bridgehead atoms. The average molecular weight is 253 g/mol. The molecule has 0 saturated carbocycles. The molecule has 0 spiro atoms. The van der Waals surface area contributed by atoms with E-state index in [0.717, 1.165) is 19.5 Å². The highest BCUT2D eigenvalue weighted by Crippen LogP contribution is 2.13. The molecule has 96 valence electrons. The van der Waals surface area contributed by atoms with Gasteiger partial charge in [-0.2, -0.15) is 0 Å². The molecule has 1 aromatic heterocycles. The predicted octanol–water partition coefficient (Wildman–Crippen LogP) is 2.00. The average Bonchev–Trinajstić information content (AvgIpc) is 2.80. The van der Waals surface area contributed by atoms with Crippen molar-refractivity contribution in [1.29, 1.82) is 0 Å². The van der Waals surface area contributed by atoms with E-state index in [0.29, 0.717) is 18.0 Å². The Balaban J connectivity index is 1.85. The van der Waals surface area contributed by atoms with Crippen molar-refractivity contribution in [2.45, 2.75) is 39.3 Å². The minimum atomic E-state index is 0.640. The summed E-state index contributed by atoms with van der Waals surface area (Å²) in [5.41, 5.74) is 3.16. The molecule has 0 amide bonds. The van der Waals surface area contributed by atoms with Gasteiger partial charge in [0.25, 0.3) is 0 Å². The maximum atomic E-state index is 4.36. The third kappa shape index (κ3) is 3.50. The van der Waals surface area contributed by atoms with Crippen LogP contribution in [0.15, 0.2) is 10.9 Å². The highest BCUT2D eigenvalue weighted by atomic mass is 32.1. The Kier molecular flexibility index (Phi) is 4.54. The summed E-state index contributed by atoms with van der Waals surface area (Å²) in [5, 5.41) is 5.80. The lowest BCUT2D eigenvalue weighted by Gasteiger charge is -2.40. The minimum Gasteiger partial charge on any atom is -0.311 e. The Bertz CT molecular complexity index is 323. The van der Waals surface area contributed by atoms with Crippen molar-refractivity contribution in [3.63, 3.8) is 0 Å². The van der Waals surface area contributed by atoms with Crippen LogP contribution in [0, 0.1) is 5.92 Å². The predicted molar refractivity (Wildman–Crippen MR) is 73.5 cm³/mol. The molecule has 0 aromatic carbocycles. The molecule has 2 heterocycles. The van der Waals surface area contributed by atoms with Crippen molar-refractivity contribution in [1.82, 2.24) is 15.2 Å². The molecule has 2 unspecified atom stereocenters. The number of hydrogen-bond donors (Lipinski definition) is 1. The normalized spacial score (nSPS) is 26.6. The van der Waals surface area contributed by atoms with Gasteiger partial charge in [0.2, 0.25) is 0 Å². The molecule has 1 aromatic rings. The van der Waals surface area contributed by atoms with E-state index in [1.165, 1.54) is 12.2 Å². The Hall–Kier alpha value is -0.450. The Morgan fingerprint density at radius 2 is 2.41 bits per heavy atom. The monoisotopic (exact) mass is 253 g/mol. The molecule has 1 saturated heterocycles. The fourth-order valence-electron chi connectivity index (χ4n) is 2.33. The van der Waals surface area contributed by atoms with Crippen molar-refractivity contribution in [2.24, 2.45) is 5.92 Å². The molecule has 1 aliphatic rings. The summed E-state index contributed by atoms with van der Waals surface area (Å²) in [7, 11) is 0. The van der Waals surface area contributed by atoms with Gasteiger partial charge in [-0.3, -0.25) is 4.90 Å². The van der Waals surface area contributed by atoms with Crippen molar-refractivity contribution >= 4 is 11.3 Å². The van der Waals surface area contributed by atoms with Gasteiger partial charge in [0.1, 0.15) is 0 Å². The summed E-state index contributed by atoms with van der Waals surface area (Å²) in [5.74, 6) is 0.712. The minimum absolute atomic E-state index is 0.640. The first-order valence-corrected chi connectivity index (χ1v) is 7.45. The summed E-state index contributed by atoms with van der Waals surface area (Å²) in [6, 6.07) is 1.28. The van der Waals surface area contributed by atoms with Gasteiger partial charge in [-0.05, 0) is 12.8 Å². The standard InChI is InChI=1S/C13H23N3S/c1-10(2)13-7-16(11(3)6-14-13)5-4-12-8-17-9-15-12/h8-11,13-14H,4-7H2,1-3H3. The van der Waals surface area contributed by atoms with Gasteiger partial charge >= 0.3 is 0 Å². The smallest absolute Gasteiger partial charge is 0.0794 e. The number of thiazole rings is 1. The maximum Gasteiger partial charge on any atom is 0.0794 e. The molecule has 0 radical (unpaired) electrons. The summed E-state index contributed by atoms with van der Waals surface area (Å²) in [4.78, 5) is 6.95. The SMILES string of the molecule is CC(C)C1CN(CCc2cscn2)C(C)CN1. The Morgan fingerprint density at radius 3 is 3.06 bits per heavy atom. The van der Waals surface area contributed by atoms with Gasteiger partial charge < -0.3 is 5.32 Å². The zero-order chi connectivity index (χ0) is 12.3. The molecule has 3 nitrogen and oxygen atoms in total. The van der Waals surface area contributed by atoms with Crippen LogP contribution >= 0.6 is 11.3 Å². The zero-order valence-corrected chi connectivity index (χ0v) is 11.8. The van der Waals surface area contributed by atoms with Crippen LogP contribution in [0.1, 0.15) is 26.5 Å². The highest BCUT2D eigenvalue weighted by molar-refractivity contribution is 7.07. The second-order valence-corrected chi connectivity index (χ2v) is 6.05. The van der Waals surface area contributed by atoms with E-state index in [1.54, 1.807) is 11.3 Å². The molecule has 1 N–H and O–H groups in total. The lowest BCUT2D eigenvalue weighted by Crippen LogP contribution is -2.57. The molecule has 1 aliphatic heterocycles. The fourth-order valence-corrected chi connectivity index (χ4v) is 2.92. The zero-order valence-electron chi connectivity index (χ0n) is 11.0. The fraction of sp³-hybridized carbons (Fsp3) is 0.769. The van der Waals surface area contributed by atoms with E-state index in [1.807, 2.05) is 5.51 Å². The number of nitrogens with one attached hydrogen (secondary N) is 1. The van der Waals surface area contributed by atoms with E-state index >= 15 is 0 Å². The van der Waals surface area contributed by atoms with Gasteiger partial charge in [-0.1, -0.05) is 13.8 Å². The Morgan fingerprint density at radius 1 is 1.59 bits per heavy atom. The first kappa shape index (κ1) is 13.0. The molecule has 0 aliphatic carbocycles. The van der Waals surface area contributed by atoms with Gasteiger partial charge in [-0.25, -0.2) is 4.98 Å². The highest BCUT2D eigenvalue weighted by Gasteiger charge is 2.26. The van der Waals surface area contributed by atoms with Crippen LogP contribution < -0.4 is 5.32 Å². The van der Waals surface area contributed by atoms with Crippen molar-refractivity contribution < 1.29 is 0 Å². The van der Waals surface area contributed by atoms with Crippen molar-refractivity contribution in [3.8, 4) is 0 Å². The van der Waals surface area contributed by atoms with Gasteiger partial charge in [0.15, 0.2) is 0 Å². The molecule has 17 heavy (non-hydrogen) atoms. The van der Waals surface area contributed by atoms with E-state index in [9.17, 15) is 0 Å². The third-order valence-electron chi connectivity index (χ3n) is 3.67. The van der Waals surface area contributed by atoms with E-state index in [-0.39, 0.29) is 0 Å². The summed E-state index contributed by atoms with van der Waals surface area (Å²) < 4.78 is 0. The molecule has 2 atom stereocenters. The van der Waals surface area contributed by atoms with Gasteiger partial charge in [-0.15, -0.1) is 11.3 Å². The van der Waals surface area contributed by atoms with Crippen LogP contribution in [-0.2, 0) is 6.42 Å². The van der Waals surface area contributed by atoms with Gasteiger partial charge in [0.05, 0.1) is 11.2 Å². The van der Waals surface area contributed by atoms with Crippen LogP contribution in [0.5, 0.6) is 0 Å². The molecular formula is C13H23N3S. The topological polar surface area (TPSA) is 28.2 Å². The quantitative estimate of drug-likeness (QED) is 0.889. The number of rotatable bonds is 4. The lowest BCUT2D eigenvalue weighted by atomic mass is 9.99. The first-order valence-electron chi connectivity index (χ1n) is 6.51. The number of piperazine rings is 1. The molecule has 1 fully saturated rings. The second-order valence-electron chi connectivity index (χ2n) is 5.33. The first-order chi connectivity index (χ1) is 8.16. The van der Waals surface area contributed by atoms with Crippen LogP contribution in [0.3, 0.4) is 0 Å². The molecular weight excluding hydrogens is 230 g/mol. The number of aromatic nitrogens is 1. The largest absolute Gasteiger partial charge is 0.311 e. The maximum absolute atomic E-state index is 4.36. The lowest BCUT2D eigenvalue weighted by molar-refractivity contribution is 0.124.